The first-order chi connectivity index (χ1) is 10.6. The fourth-order valence-corrected chi connectivity index (χ4v) is 2.84. The number of carbonyl (C=O) groups excluding carboxylic acids is 2. The minimum Gasteiger partial charge on any atom is -0.461 e. The van der Waals surface area contributed by atoms with Gasteiger partial charge in [-0.05, 0) is 42.2 Å². The highest BCUT2D eigenvalue weighted by molar-refractivity contribution is 6.30. The summed E-state index contributed by atoms with van der Waals surface area (Å²) in [5.74, 6) is -2.45. The van der Waals surface area contributed by atoms with Gasteiger partial charge >= 0.3 is 0 Å². The number of nitriles is 1. The van der Waals surface area contributed by atoms with E-state index in [0.29, 0.717) is 11.4 Å². The Hall–Kier alpha value is -2.38. The predicted molar refractivity (Wildman–Crippen MR) is 79.4 cm³/mol. The van der Waals surface area contributed by atoms with Crippen molar-refractivity contribution >= 4 is 23.2 Å². The van der Waals surface area contributed by atoms with E-state index in [1.807, 2.05) is 24.3 Å². The quantitative estimate of drug-likeness (QED) is 0.624. The molecule has 1 aromatic heterocycles. The van der Waals surface area contributed by atoms with Crippen molar-refractivity contribution in [2.24, 2.45) is 11.8 Å². The van der Waals surface area contributed by atoms with Crippen LogP contribution in [0.1, 0.15) is 28.5 Å². The molecule has 0 N–H and O–H groups in total. The van der Waals surface area contributed by atoms with E-state index in [-0.39, 0.29) is 23.4 Å². The average molecular weight is 314 g/mol. The topological polar surface area (TPSA) is 71.1 Å². The van der Waals surface area contributed by atoms with Gasteiger partial charge in [0.15, 0.2) is 17.5 Å². The number of carbonyl (C=O) groups is 2. The summed E-state index contributed by atoms with van der Waals surface area (Å²) in [6.45, 7) is 0. The van der Waals surface area contributed by atoms with Crippen molar-refractivity contribution in [2.45, 2.75) is 12.3 Å². The first-order valence-electron chi connectivity index (χ1n) is 6.88. The maximum absolute atomic E-state index is 12.4. The van der Waals surface area contributed by atoms with Crippen LogP contribution in [0, 0.1) is 23.2 Å². The Labute approximate surface area is 132 Å². The van der Waals surface area contributed by atoms with E-state index in [1.165, 1.54) is 12.3 Å². The van der Waals surface area contributed by atoms with Crippen molar-refractivity contribution in [3.63, 3.8) is 0 Å². The molecule has 0 aliphatic heterocycles. The second-order valence-corrected chi connectivity index (χ2v) is 5.75. The first kappa shape index (κ1) is 14.6. The van der Waals surface area contributed by atoms with Gasteiger partial charge in [0.05, 0.1) is 12.3 Å². The van der Waals surface area contributed by atoms with Crippen molar-refractivity contribution in [1.82, 2.24) is 0 Å². The minimum atomic E-state index is -1.31. The van der Waals surface area contributed by atoms with Gasteiger partial charge in [-0.15, -0.1) is 0 Å². The number of ketones is 2. The maximum atomic E-state index is 12.4. The molecule has 1 saturated carbocycles. The van der Waals surface area contributed by atoms with Crippen molar-refractivity contribution in [3.05, 3.63) is 59.0 Å². The fraction of sp³-hybridized carbons (Fsp3) is 0.235. The van der Waals surface area contributed by atoms with Crippen LogP contribution < -0.4 is 0 Å². The van der Waals surface area contributed by atoms with Crippen LogP contribution in [0.5, 0.6) is 0 Å². The van der Waals surface area contributed by atoms with Gasteiger partial charge < -0.3 is 4.42 Å². The molecule has 1 fully saturated rings. The largest absolute Gasteiger partial charge is 0.461 e. The van der Waals surface area contributed by atoms with Crippen LogP contribution in [0.2, 0.25) is 5.02 Å². The number of furan rings is 1. The zero-order valence-electron chi connectivity index (χ0n) is 11.5. The van der Waals surface area contributed by atoms with Crippen LogP contribution >= 0.6 is 11.6 Å². The molecule has 1 aliphatic rings. The number of hydrogen-bond acceptors (Lipinski definition) is 4. The summed E-state index contributed by atoms with van der Waals surface area (Å²) in [6, 6.07) is 12.1. The Kier molecular flexibility index (Phi) is 3.82. The van der Waals surface area contributed by atoms with E-state index in [9.17, 15) is 14.9 Å². The van der Waals surface area contributed by atoms with Crippen LogP contribution in [0.3, 0.4) is 0 Å². The molecular weight excluding hydrogens is 302 g/mol. The standard InChI is InChI=1S/C17H12ClNO3/c18-11-4-1-3-10(7-11)12-8-13(12)16(20)14(9-19)17(21)15-5-2-6-22-15/h1-7,12-14H,8H2/t12-,13-,14-/m0/s1. The van der Waals surface area contributed by atoms with E-state index < -0.39 is 11.7 Å². The van der Waals surface area contributed by atoms with Crippen LogP contribution in [0.4, 0.5) is 0 Å². The molecule has 1 heterocycles. The lowest BCUT2D eigenvalue weighted by Crippen LogP contribution is -2.24. The van der Waals surface area contributed by atoms with Crippen molar-refractivity contribution in [3.8, 4) is 6.07 Å². The molecule has 2 aromatic rings. The van der Waals surface area contributed by atoms with Gasteiger partial charge in [-0.3, -0.25) is 9.59 Å². The highest BCUT2D eigenvalue weighted by Gasteiger charge is 2.48. The number of halogens is 1. The Bertz CT molecular complexity index is 760. The molecule has 5 heteroatoms. The van der Waals surface area contributed by atoms with Crippen LogP contribution in [-0.4, -0.2) is 11.6 Å². The Morgan fingerprint density at radius 1 is 1.32 bits per heavy atom. The average Bonchev–Trinajstić information content (AvgIpc) is 3.13. The molecule has 0 bridgehead atoms. The highest BCUT2D eigenvalue weighted by Crippen LogP contribution is 2.49. The molecule has 4 nitrogen and oxygen atoms in total. The fourth-order valence-electron chi connectivity index (χ4n) is 2.64. The molecule has 0 unspecified atom stereocenters. The summed E-state index contributed by atoms with van der Waals surface area (Å²) in [5.41, 5.74) is 0.966. The van der Waals surface area contributed by atoms with Crippen molar-refractivity contribution < 1.29 is 14.0 Å². The third kappa shape index (κ3) is 2.68. The van der Waals surface area contributed by atoms with Gasteiger partial charge in [-0.1, -0.05) is 23.7 Å². The minimum absolute atomic E-state index is 0.0338. The monoisotopic (exact) mass is 313 g/mol. The molecule has 1 aromatic carbocycles. The molecule has 0 amide bonds. The van der Waals surface area contributed by atoms with Crippen molar-refractivity contribution in [1.29, 1.82) is 5.26 Å². The number of hydrogen-bond donors (Lipinski definition) is 0. The normalized spacial score (nSPS) is 20.9. The lowest BCUT2D eigenvalue weighted by molar-refractivity contribution is -0.121. The number of Topliss-reactive ketones (excluding diaryl/α,β-unsaturated/α-hetero) is 2. The van der Waals surface area contributed by atoms with Crippen LogP contribution in [-0.2, 0) is 4.79 Å². The molecule has 22 heavy (non-hydrogen) atoms. The lowest BCUT2D eigenvalue weighted by atomic mass is 9.94. The van der Waals surface area contributed by atoms with Crippen LogP contribution in [0.15, 0.2) is 47.1 Å². The second-order valence-electron chi connectivity index (χ2n) is 5.31. The predicted octanol–water partition coefficient (Wildman–Crippen LogP) is 3.63. The van der Waals surface area contributed by atoms with Gasteiger partial charge in [0.1, 0.15) is 0 Å². The molecule has 3 rings (SSSR count). The highest BCUT2D eigenvalue weighted by atomic mass is 35.5. The summed E-state index contributed by atoms with van der Waals surface area (Å²) in [6.07, 6.45) is 1.99. The molecule has 1 aliphatic carbocycles. The van der Waals surface area contributed by atoms with Crippen LogP contribution in [0.25, 0.3) is 0 Å². The van der Waals surface area contributed by atoms with Gasteiger partial charge in [0.2, 0.25) is 5.78 Å². The van der Waals surface area contributed by atoms with E-state index >= 15 is 0 Å². The molecule has 110 valence electrons. The van der Waals surface area contributed by atoms with E-state index in [4.69, 9.17) is 16.0 Å². The van der Waals surface area contributed by atoms with Crippen molar-refractivity contribution in [2.75, 3.05) is 0 Å². The molecular formula is C17H12ClNO3. The number of nitrogens with zero attached hydrogens (tertiary/aromatic N) is 1. The maximum Gasteiger partial charge on any atom is 0.222 e. The summed E-state index contributed by atoms with van der Waals surface area (Å²) in [4.78, 5) is 24.6. The Morgan fingerprint density at radius 2 is 2.14 bits per heavy atom. The SMILES string of the molecule is N#C[C@H](C(=O)c1ccco1)C(=O)[C@H]1C[C@H]1c1cccc(Cl)c1. The molecule has 0 radical (unpaired) electrons. The Balaban J connectivity index is 1.74. The smallest absolute Gasteiger partial charge is 0.222 e. The summed E-state index contributed by atoms with van der Waals surface area (Å²) >= 11 is 5.95. The van der Waals surface area contributed by atoms with E-state index in [2.05, 4.69) is 0 Å². The lowest BCUT2D eigenvalue weighted by Gasteiger charge is -2.05. The summed E-state index contributed by atoms with van der Waals surface area (Å²) in [5, 5.41) is 9.80. The summed E-state index contributed by atoms with van der Waals surface area (Å²) in [7, 11) is 0. The number of rotatable bonds is 5. The third-order valence-electron chi connectivity index (χ3n) is 3.87. The van der Waals surface area contributed by atoms with Gasteiger partial charge in [0, 0.05) is 10.9 Å². The Morgan fingerprint density at radius 3 is 2.77 bits per heavy atom. The molecule has 0 saturated heterocycles. The summed E-state index contributed by atoms with van der Waals surface area (Å²) < 4.78 is 4.99. The zero-order valence-corrected chi connectivity index (χ0v) is 12.3. The van der Waals surface area contributed by atoms with Gasteiger partial charge in [-0.2, -0.15) is 5.26 Å². The second kappa shape index (κ2) is 5.78. The third-order valence-corrected chi connectivity index (χ3v) is 4.11. The molecule has 3 atom stereocenters. The van der Waals surface area contributed by atoms with Gasteiger partial charge in [0.25, 0.3) is 0 Å². The van der Waals surface area contributed by atoms with Gasteiger partial charge in [-0.25, -0.2) is 0 Å². The van der Waals surface area contributed by atoms with E-state index in [1.54, 1.807) is 12.1 Å². The van der Waals surface area contributed by atoms with E-state index in [0.717, 1.165) is 5.56 Å². The number of benzene rings is 1. The zero-order chi connectivity index (χ0) is 15.7. The molecule has 0 spiro atoms. The first-order valence-corrected chi connectivity index (χ1v) is 7.26.